The summed E-state index contributed by atoms with van der Waals surface area (Å²) in [5.74, 6) is -1.51. The van der Waals surface area contributed by atoms with Gasteiger partial charge in [-0.15, -0.1) is 0 Å². The van der Waals surface area contributed by atoms with E-state index in [1.165, 1.54) is 12.1 Å². The van der Waals surface area contributed by atoms with E-state index in [9.17, 15) is 9.18 Å². The highest BCUT2D eigenvalue weighted by atomic mass is 19.1. The molecule has 1 N–H and O–H groups in total. The van der Waals surface area contributed by atoms with Gasteiger partial charge >= 0.3 is 5.97 Å². The van der Waals surface area contributed by atoms with Gasteiger partial charge in [0.05, 0.1) is 12.5 Å². The number of hydrogen-bond acceptors (Lipinski definition) is 2. The zero-order valence-electron chi connectivity index (χ0n) is 9.15. The van der Waals surface area contributed by atoms with E-state index in [1.807, 2.05) is 6.92 Å². The molecular weight excluding hydrogens is 211 g/mol. The highest BCUT2D eigenvalue weighted by Gasteiger charge is 2.14. The second-order valence-electron chi connectivity index (χ2n) is 3.51. The second kappa shape index (κ2) is 6.10. The molecule has 0 aliphatic heterocycles. The Morgan fingerprint density at radius 3 is 2.75 bits per heavy atom. The molecule has 1 aromatic rings. The van der Waals surface area contributed by atoms with Crippen LogP contribution >= 0.6 is 0 Å². The van der Waals surface area contributed by atoms with Gasteiger partial charge in [0, 0.05) is 0 Å². The van der Waals surface area contributed by atoms with E-state index >= 15 is 0 Å². The molecule has 1 atom stereocenters. The summed E-state index contributed by atoms with van der Waals surface area (Å²) in [6.07, 6.45) is 0.941. The van der Waals surface area contributed by atoms with Gasteiger partial charge in [-0.05, 0) is 25.0 Å². The summed E-state index contributed by atoms with van der Waals surface area (Å²) < 4.78 is 18.3. The fraction of sp³-hybridized carbons (Fsp3) is 0.417. The van der Waals surface area contributed by atoms with Gasteiger partial charge in [-0.2, -0.15) is 0 Å². The monoisotopic (exact) mass is 226 g/mol. The van der Waals surface area contributed by atoms with E-state index in [0.717, 1.165) is 0 Å². The van der Waals surface area contributed by atoms with Crippen molar-refractivity contribution >= 4 is 5.97 Å². The molecule has 1 rings (SSSR count). The fourth-order valence-corrected chi connectivity index (χ4v) is 1.38. The molecule has 1 aromatic carbocycles. The van der Waals surface area contributed by atoms with Gasteiger partial charge in [0.15, 0.2) is 11.6 Å². The third-order valence-electron chi connectivity index (χ3n) is 2.40. The van der Waals surface area contributed by atoms with Crippen molar-refractivity contribution in [1.29, 1.82) is 0 Å². The van der Waals surface area contributed by atoms with Crippen LogP contribution in [0.2, 0.25) is 0 Å². The molecule has 0 saturated carbocycles. The quantitative estimate of drug-likeness (QED) is 0.811. The van der Waals surface area contributed by atoms with Crippen LogP contribution in [-0.4, -0.2) is 17.7 Å². The lowest BCUT2D eigenvalue weighted by atomic mass is 10.0. The Bertz CT molecular complexity index is 352. The standard InChI is InChI=1S/C12H15FO3/c1-2-9(12(14)15)7-8-16-11-6-4-3-5-10(11)13/h3-6,9H,2,7-8H2,1H3,(H,14,15). The van der Waals surface area contributed by atoms with Gasteiger partial charge < -0.3 is 9.84 Å². The lowest BCUT2D eigenvalue weighted by Gasteiger charge is -2.11. The zero-order valence-corrected chi connectivity index (χ0v) is 9.15. The Morgan fingerprint density at radius 1 is 1.50 bits per heavy atom. The summed E-state index contributed by atoms with van der Waals surface area (Å²) in [5.41, 5.74) is 0. The molecule has 0 radical (unpaired) electrons. The maximum Gasteiger partial charge on any atom is 0.306 e. The van der Waals surface area contributed by atoms with Crippen LogP contribution < -0.4 is 4.74 Å². The molecular formula is C12H15FO3. The lowest BCUT2D eigenvalue weighted by molar-refractivity contribution is -0.142. The zero-order chi connectivity index (χ0) is 12.0. The first-order valence-corrected chi connectivity index (χ1v) is 5.25. The molecule has 0 aromatic heterocycles. The summed E-state index contributed by atoms with van der Waals surface area (Å²) in [6.45, 7) is 2.02. The van der Waals surface area contributed by atoms with Gasteiger partial charge in [-0.1, -0.05) is 19.1 Å². The van der Waals surface area contributed by atoms with Gasteiger partial charge in [0.1, 0.15) is 0 Å². The third-order valence-corrected chi connectivity index (χ3v) is 2.40. The topological polar surface area (TPSA) is 46.5 Å². The fourth-order valence-electron chi connectivity index (χ4n) is 1.38. The Kier molecular flexibility index (Phi) is 4.76. The maximum absolute atomic E-state index is 13.1. The minimum Gasteiger partial charge on any atom is -0.490 e. The van der Waals surface area contributed by atoms with Crippen molar-refractivity contribution in [3.05, 3.63) is 30.1 Å². The van der Waals surface area contributed by atoms with E-state index in [4.69, 9.17) is 9.84 Å². The Labute approximate surface area is 93.9 Å². The number of rotatable bonds is 6. The molecule has 0 fully saturated rings. The van der Waals surface area contributed by atoms with Crippen molar-refractivity contribution in [3.63, 3.8) is 0 Å². The third kappa shape index (κ3) is 3.53. The minimum atomic E-state index is -0.834. The number of benzene rings is 1. The molecule has 3 nitrogen and oxygen atoms in total. The number of hydrogen-bond donors (Lipinski definition) is 1. The molecule has 0 aliphatic rings. The van der Waals surface area contributed by atoms with E-state index in [1.54, 1.807) is 12.1 Å². The van der Waals surface area contributed by atoms with Crippen LogP contribution in [0.4, 0.5) is 4.39 Å². The molecule has 16 heavy (non-hydrogen) atoms. The normalized spacial score (nSPS) is 12.1. The molecule has 88 valence electrons. The molecule has 4 heteroatoms. The van der Waals surface area contributed by atoms with Crippen molar-refractivity contribution in [2.75, 3.05) is 6.61 Å². The molecule has 1 unspecified atom stereocenters. The molecule has 0 amide bonds. The molecule has 0 heterocycles. The van der Waals surface area contributed by atoms with Crippen LogP contribution in [0.1, 0.15) is 19.8 Å². The highest BCUT2D eigenvalue weighted by Crippen LogP contribution is 2.17. The second-order valence-corrected chi connectivity index (χ2v) is 3.51. The Morgan fingerprint density at radius 2 is 2.19 bits per heavy atom. The number of carboxylic acids is 1. The lowest BCUT2D eigenvalue weighted by Crippen LogP contribution is -2.16. The van der Waals surface area contributed by atoms with Crippen molar-refractivity contribution < 1.29 is 19.0 Å². The van der Waals surface area contributed by atoms with Gasteiger partial charge in [0.2, 0.25) is 0 Å². The van der Waals surface area contributed by atoms with Crippen molar-refractivity contribution in [3.8, 4) is 5.75 Å². The number of aliphatic carboxylic acids is 1. The SMILES string of the molecule is CCC(CCOc1ccccc1F)C(=O)O. The maximum atomic E-state index is 13.1. The predicted octanol–water partition coefficient (Wildman–Crippen LogP) is 2.71. The van der Waals surface area contributed by atoms with Crippen molar-refractivity contribution in [1.82, 2.24) is 0 Å². The average molecular weight is 226 g/mol. The number of carbonyl (C=O) groups is 1. The number of carboxylic acid groups (broad SMARTS) is 1. The van der Waals surface area contributed by atoms with Crippen LogP contribution in [0.3, 0.4) is 0 Å². The van der Waals surface area contributed by atoms with Crippen LogP contribution in [0, 0.1) is 11.7 Å². The number of para-hydroxylation sites is 1. The minimum absolute atomic E-state index is 0.169. The Hall–Kier alpha value is -1.58. The van der Waals surface area contributed by atoms with Crippen molar-refractivity contribution in [2.24, 2.45) is 5.92 Å². The summed E-state index contributed by atoms with van der Waals surface area (Å²) >= 11 is 0. The molecule has 0 aliphatic carbocycles. The van der Waals surface area contributed by atoms with E-state index in [2.05, 4.69) is 0 Å². The van der Waals surface area contributed by atoms with Crippen LogP contribution in [0.15, 0.2) is 24.3 Å². The number of halogens is 1. The molecule has 0 spiro atoms. The smallest absolute Gasteiger partial charge is 0.306 e. The van der Waals surface area contributed by atoms with Gasteiger partial charge in [0.25, 0.3) is 0 Å². The van der Waals surface area contributed by atoms with Crippen LogP contribution in [0.5, 0.6) is 5.75 Å². The summed E-state index contributed by atoms with van der Waals surface area (Å²) in [7, 11) is 0. The van der Waals surface area contributed by atoms with Gasteiger partial charge in [-0.3, -0.25) is 4.79 Å². The van der Waals surface area contributed by atoms with Crippen LogP contribution in [0.25, 0.3) is 0 Å². The number of ether oxygens (including phenoxy) is 1. The first-order valence-electron chi connectivity index (χ1n) is 5.25. The summed E-state index contributed by atoms with van der Waals surface area (Å²) in [4.78, 5) is 10.7. The first kappa shape index (κ1) is 12.5. The largest absolute Gasteiger partial charge is 0.490 e. The van der Waals surface area contributed by atoms with E-state index < -0.39 is 17.7 Å². The molecule has 0 saturated heterocycles. The molecule has 0 bridgehead atoms. The van der Waals surface area contributed by atoms with E-state index in [0.29, 0.717) is 12.8 Å². The summed E-state index contributed by atoms with van der Waals surface area (Å²) in [5, 5.41) is 8.80. The first-order chi connectivity index (χ1) is 7.65. The summed E-state index contributed by atoms with van der Waals surface area (Å²) in [6, 6.07) is 6.09. The van der Waals surface area contributed by atoms with Crippen molar-refractivity contribution in [2.45, 2.75) is 19.8 Å². The Balaban J connectivity index is 2.41. The predicted molar refractivity (Wildman–Crippen MR) is 57.9 cm³/mol. The average Bonchev–Trinajstić information content (AvgIpc) is 2.26. The van der Waals surface area contributed by atoms with Crippen LogP contribution in [-0.2, 0) is 4.79 Å². The highest BCUT2D eigenvalue weighted by molar-refractivity contribution is 5.69. The van der Waals surface area contributed by atoms with Gasteiger partial charge in [-0.25, -0.2) is 4.39 Å². The van der Waals surface area contributed by atoms with E-state index in [-0.39, 0.29) is 12.4 Å².